The first-order chi connectivity index (χ1) is 35.5. The van der Waals surface area contributed by atoms with Crippen LogP contribution in [0.1, 0.15) is 112 Å². The molecule has 0 bridgehead atoms. The molecule has 0 radical (unpaired) electrons. The van der Waals surface area contributed by atoms with Gasteiger partial charge in [-0.1, -0.05) is 84.9 Å². The highest BCUT2D eigenvalue weighted by Crippen LogP contribution is 2.40. The van der Waals surface area contributed by atoms with Crippen LogP contribution in [-0.4, -0.2) is 80.5 Å². The monoisotopic (exact) mass is 1000 g/mol. The topological polar surface area (TPSA) is 188 Å². The van der Waals surface area contributed by atoms with Crippen molar-refractivity contribution in [3.63, 3.8) is 0 Å². The molecule has 6 aromatic rings. The van der Waals surface area contributed by atoms with E-state index in [2.05, 4.69) is 10.3 Å². The summed E-state index contributed by atoms with van der Waals surface area (Å²) in [7, 11) is 0. The van der Waals surface area contributed by atoms with Crippen LogP contribution in [0.3, 0.4) is 0 Å². The van der Waals surface area contributed by atoms with E-state index in [0.29, 0.717) is 73.7 Å². The minimum absolute atomic E-state index is 0.00914. The van der Waals surface area contributed by atoms with Gasteiger partial charge in [0.1, 0.15) is 54.2 Å². The van der Waals surface area contributed by atoms with E-state index in [0.717, 1.165) is 64.6 Å². The number of benzene rings is 4. The van der Waals surface area contributed by atoms with Crippen LogP contribution in [0.5, 0.6) is 11.5 Å². The molecule has 74 heavy (non-hydrogen) atoms. The summed E-state index contributed by atoms with van der Waals surface area (Å²) in [6, 6.07) is 39.5. The van der Waals surface area contributed by atoms with E-state index in [1.165, 1.54) is 0 Å². The number of ether oxygens (including phenoxy) is 5. The van der Waals surface area contributed by atoms with E-state index in [-0.39, 0.29) is 43.1 Å². The highest BCUT2D eigenvalue weighted by Gasteiger charge is 2.34. The van der Waals surface area contributed by atoms with Gasteiger partial charge in [-0.25, -0.2) is 24.4 Å². The first-order valence-electron chi connectivity index (χ1n) is 25.4. The second-order valence-corrected chi connectivity index (χ2v) is 20.8. The molecule has 15 nitrogen and oxygen atoms in total. The maximum absolute atomic E-state index is 12.8. The fourth-order valence-electron chi connectivity index (χ4n) is 9.43. The molecule has 2 saturated heterocycles. The zero-order valence-corrected chi connectivity index (χ0v) is 43.3. The molecule has 15 heteroatoms. The predicted molar refractivity (Wildman–Crippen MR) is 285 cm³/mol. The molecule has 3 aliphatic rings. The third-order valence-electron chi connectivity index (χ3n) is 12.9. The van der Waals surface area contributed by atoms with Gasteiger partial charge in [-0.3, -0.25) is 5.32 Å². The number of nitrogens with one attached hydrogen (secondary N) is 1. The number of piperidine rings is 2. The molecule has 4 aromatic carbocycles. The number of anilines is 2. The van der Waals surface area contributed by atoms with Gasteiger partial charge in [0.2, 0.25) is 0 Å². The number of aliphatic hydroxyl groups is 1. The number of nitrogens with two attached hydrogens (primary N) is 1. The molecule has 9 rings (SSSR count). The average molecular weight is 1010 g/mol. The van der Waals surface area contributed by atoms with Gasteiger partial charge in [0.25, 0.3) is 0 Å². The molecular weight excluding hydrogens is 937 g/mol. The van der Waals surface area contributed by atoms with Crippen molar-refractivity contribution in [2.75, 3.05) is 37.2 Å². The van der Waals surface area contributed by atoms with Gasteiger partial charge in [0.05, 0.1) is 18.0 Å². The summed E-state index contributed by atoms with van der Waals surface area (Å²) in [5.41, 5.74) is 13.8. The van der Waals surface area contributed by atoms with Crippen molar-refractivity contribution >= 4 is 29.9 Å². The largest absolute Gasteiger partial charge is 0.488 e. The summed E-state index contributed by atoms with van der Waals surface area (Å²) < 4.78 is 28.9. The van der Waals surface area contributed by atoms with Crippen molar-refractivity contribution in [3.05, 3.63) is 155 Å². The van der Waals surface area contributed by atoms with Crippen molar-refractivity contribution in [2.24, 2.45) is 0 Å². The molecule has 2 unspecified atom stereocenters. The summed E-state index contributed by atoms with van der Waals surface area (Å²) in [6.07, 6.45) is 2.30. The number of cyclic esters (lactones) is 1. The van der Waals surface area contributed by atoms with Crippen molar-refractivity contribution in [2.45, 2.75) is 117 Å². The highest BCUT2D eigenvalue weighted by atomic mass is 16.6. The maximum Gasteiger partial charge on any atom is 0.413 e. The van der Waals surface area contributed by atoms with E-state index in [9.17, 15) is 19.5 Å². The summed E-state index contributed by atoms with van der Waals surface area (Å²) in [5.74, 6) is 2.23. The second kappa shape index (κ2) is 23.5. The standard InChI is InChI=1S/C30H33N3O5.C29H35N3O4/c1-30(2,3)38-29(35)33-15-9-12-21(17-33)23-16-25(31-27-24(23)19-37-28(34)32-27)22-13-7-8-14-26(22)36-18-20-10-5-4-6-11-20;1-29(2,3)36-28(34)32-15-9-12-21(17-32)23-16-25(31-27(30)24(23)18-33)22-13-7-8-14-26(22)35-19-20-10-5-4-6-11-20/h4-8,10-11,13-14,16,21H,9,12,15,17-19H2,1-3H3,(H,31,32,34);4-8,10-11,13-14,16,21,33H,9,12,15,17-19H2,1-3H3,(H2,30,31). The third-order valence-corrected chi connectivity index (χ3v) is 12.9. The lowest BCUT2D eigenvalue weighted by Crippen LogP contribution is -2.42. The number of amides is 3. The molecule has 3 amide bonds. The Kier molecular flexibility index (Phi) is 16.7. The first-order valence-corrected chi connectivity index (χ1v) is 25.4. The van der Waals surface area contributed by atoms with Crippen molar-refractivity contribution < 1.29 is 43.2 Å². The number of hydrogen-bond donors (Lipinski definition) is 3. The number of hydrogen-bond acceptors (Lipinski definition) is 12. The lowest BCUT2D eigenvalue weighted by molar-refractivity contribution is 0.0188. The normalized spacial score (nSPS) is 16.6. The van der Waals surface area contributed by atoms with Crippen molar-refractivity contribution in [1.29, 1.82) is 0 Å². The number of para-hydroxylation sites is 2. The Hall–Kier alpha value is -7.65. The Morgan fingerprint density at radius 2 is 1.14 bits per heavy atom. The lowest BCUT2D eigenvalue weighted by atomic mass is 9.87. The molecule has 2 fully saturated rings. The average Bonchev–Trinajstić information content (AvgIpc) is 3.39. The van der Waals surface area contributed by atoms with Crippen LogP contribution in [0.2, 0.25) is 0 Å². The van der Waals surface area contributed by atoms with Crippen LogP contribution in [-0.2, 0) is 40.6 Å². The summed E-state index contributed by atoms with van der Waals surface area (Å²) in [4.78, 5) is 50.6. The second-order valence-electron chi connectivity index (χ2n) is 20.8. The van der Waals surface area contributed by atoms with Crippen LogP contribution in [0.15, 0.2) is 121 Å². The molecule has 3 aliphatic heterocycles. The molecule has 4 N–H and O–H groups in total. The number of carbonyl (C=O) groups is 3. The van der Waals surface area contributed by atoms with Gasteiger partial charge in [0, 0.05) is 60.3 Å². The number of pyridine rings is 2. The number of fused-ring (bicyclic) bond motifs is 1. The number of carbonyl (C=O) groups excluding carboxylic acids is 3. The number of nitrogens with zero attached hydrogens (tertiary/aromatic N) is 4. The molecule has 2 atom stereocenters. The van der Waals surface area contributed by atoms with Gasteiger partial charge in [-0.2, -0.15) is 0 Å². The maximum atomic E-state index is 12.8. The molecule has 0 spiro atoms. The molecule has 388 valence electrons. The fraction of sp³-hybridized carbons (Fsp3) is 0.373. The van der Waals surface area contributed by atoms with E-state index in [1.54, 1.807) is 9.80 Å². The van der Waals surface area contributed by atoms with Gasteiger partial charge in [0.15, 0.2) is 0 Å². The van der Waals surface area contributed by atoms with Crippen LogP contribution in [0.4, 0.5) is 26.0 Å². The Bertz CT molecular complexity index is 2900. The smallest absolute Gasteiger partial charge is 0.413 e. The summed E-state index contributed by atoms with van der Waals surface area (Å²) >= 11 is 0. The number of nitrogen functional groups attached to an aromatic ring is 1. The zero-order valence-electron chi connectivity index (χ0n) is 43.3. The van der Waals surface area contributed by atoms with E-state index in [1.807, 2.05) is 163 Å². The minimum Gasteiger partial charge on any atom is -0.488 e. The van der Waals surface area contributed by atoms with Gasteiger partial charge in [-0.05, 0) is 126 Å². The Balaban J connectivity index is 0.000000197. The minimum atomic E-state index is -0.561. The van der Waals surface area contributed by atoms with Gasteiger partial charge in [-0.15, -0.1) is 0 Å². The van der Waals surface area contributed by atoms with Crippen LogP contribution in [0.25, 0.3) is 22.5 Å². The number of aromatic nitrogens is 2. The first kappa shape index (κ1) is 52.7. The molecule has 0 saturated carbocycles. The highest BCUT2D eigenvalue weighted by molar-refractivity contribution is 5.87. The molecule has 2 aromatic heterocycles. The van der Waals surface area contributed by atoms with Gasteiger partial charge < -0.3 is 44.3 Å². The summed E-state index contributed by atoms with van der Waals surface area (Å²) in [5, 5.41) is 12.9. The number of aliphatic hydroxyl groups excluding tert-OH is 1. The molecule has 5 heterocycles. The van der Waals surface area contributed by atoms with E-state index in [4.69, 9.17) is 34.4 Å². The Labute approximate surface area is 434 Å². The van der Waals surface area contributed by atoms with Crippen LogP contribution < -0.4 is 20.5 Å². The number of rotatable bonds is 11. The van der Waals surface area contributed by atoms with Crippen LogP contribution >= 0.6 is 0 Å². The number of likely N-dealkylation sites (tertiary alicyclic amines) is 2. The predicted octanol–water partition coefficient (Wildman–Crippen LogP) is 12.0. The Morgan fingerprint density at radius 3 is 1.64 bits per heavy atom. The van der Waals surface area contributed by atoms with Crippen LogP contribution in [0, 0.1) is 0 Å². The quantitative estimate of drug-likeness (QED) is 0.104. The molecule has 0 aliphatic carbocycles. The lowest BCUT2D eigenvalue weighted by Gasteiger charge is -2.35. The fourth-order valence-corrected chi connectivity index (χ4v) is 9.43. The van der Waals surface area contributed by atoms with E-state index < -0.39 is 17.3 Å². The summed E-state index contributed by atoms with van der Waals surface area (Å²) in [6.45, 7) is 14.3. The van der Waals surface area contributed by atoms with Crippen molar-refractivity contribution in [3.8, 4) is 34.0 Å². The molecular formula is C59H68N6O9. The van der Waals surface area contributed by atoms with Crippen molar-refractivity contribution in [1.82, 2.24) is 19.8 Å². The van der Waals surface area contributed by atoms with E-state index >= 15 is 0 Å². The SMILES string of the molecule is CC(C)(C)OC(=O)N1CCCC(c2cc(-c3ccccc3OCc3ccccc3)nc(N)c2CO)C1.CC(C)(C)OC(=O)N1CCCC(c2cc(-c3ccccc3OCc3ccccc3)nc3c2COC(=O)N3)C1. The zero-order chi connectivity index (χ0) is 52.4. The Morgan fingerprint density at radius 1 is 0.676 bits per heavy atom. The van der Waals surface area contributed by atoms with Gasteiger partial charge >= 0.3 is 18.3 Å². The third kappa shape index (κ3) is 13.7.